The minimum absolute atomic E-state index is 0.0876. The molecule has 1 aromatic rings. The van der Waals surface area contributed by atoms with Crippen LogP contribution in [0.4, 0.5) is 0 Å². The van der Waals surface area contributed by atoms with Crippen molar-refractivity contribution in [3.8, 4) is 11.8 Å². The van der Waals surface area contributed by atoms with Gasteiger partial charge in [-0.3, -0.25) is 4.79 Å². The van der Waals surface area contributed by atoms with E-state index in [1.165, 1.54) is 0 Å². The maximum Gasteiger partial charge on any atom is 0.253 e. The minimum atomic E-state index is -0.0883. The molecule has 0 N–H and O–H groups in total. The Morgan fingerprint density at radius 1 is 1.47 bits per heavy atom. The molecule has 1 rings (SSSR count). The van der Waals surface area contributed by atoms with E-state index in [4.69, 9.17) is 10.00 Å². The molecule has 17 heavy (non-hydrogen) atoms. The van der Waals surface area contributed by atoms with Gasteiger partial charge in [-0.25, -0.2) is 0 Å². The second kappa shape index (κ2) is 5.90. The normalized spacial score (nSPS) is 11.4. The van der Waals surface area contributed by atoms with Crippen molar-refractivity contribution in [3.63, 3.8) is 0 Å². The predicted molar refractivity (Wildman–Crippen MR) is 64.8 cm³/mol. The number of carbonyl (C=O) groups is 1. The third kappa shape index (κ3) is 3.22. The number of nitriles is 1. The molecule has 0 aromatic heterocycles. The van der Waals surface area contributed by atoms with Crippen LogP contribution in [-0.4, -0.2) is 31.0 Å². The Labute approximate surface area is 101 Å². The van der Waals surface area contributed by atoms with Crippen molar-refractivity contribution in [2.45, 2.75) is 19.4 Å². The van der Waals surface area contributed by atoms with Crippen LogP contribution in [0.3, 0.4) is 0 Å². The number of benzene rings is 1. The number of rotatable bonds is 4. The first-order valence-electron chi connectivity index (χ1n) is 5.38. The van der Waals surface area contributed by atoms with Gasteiger partial charge in [0, 0.05) is 18.7 Å². The second-order valence-electron chi connectivity index (χ2n) is 3.86. The van der Waals surface area contributed by atoms with Crippen LogP contribution >= 0.6 is 0 Å². The van der Waals surface area contributed by atoms with Crippen LogP contribution in [0.15, 0.2) is 24.3 Å². The van der Waals surface area contributed by atoms with Gasteiger partial charge in [0.2, 0.25) is 0 Å². The Balaban J connectivity index is 2.78. The molecule has 0 bridgehead atoms. The highest BCUT2D eigenvalue weighted by Crippen LogP contribution is 2.14. The SMILES string of the molecule is COc1ccc(C(=O)N(C)C(C)CC#N)cc1. The quantitative estimate of drug-likeness (QED) is 0.798. The molecule has 1 amide bonds. The molecule has 4 heteroatoms. The fraction of sp³-hybridized carbons (Fsp3) is 0.385. The van der Waals surface area contributed by atoms with Crippen molar-refractivity contribution in [2.75, 3.05) is 14.2 Å². The largest absolute Gasteiger partial charge is 0.497 e. The summed E-state index contributed by atoms with van der Waals surface area (Å²) in [7, 11) is 3.28. The molecule has 1 atom stereocenters. The number of amides is 1. The van der Waals surface area contributed by atoms with Crippen molar-refractivity contribution in [1.82, 2.24) is 4.90 Å². The third-order valence-electron chi connectivity index (χ3n) is 2.71. The first-order valence-corrected chi connectivity index (χ1v) is 5.38. The molecule has 0 heterocycles. The average molecular weight is 232 g/mol. The van der Waals surface area contributed by atoms with Gasteiger partial charge in [-0.05, 0) is 31.2 Å². The van der Waals surface area contributed by atoms with Crippen LogP contribution in [-0.2, 0) is 0 Å². The number of nitrogens with zero attached hydrogens (tertiary/aromatic N) is 2. The highest BCUT2D eigenvalue weighted by Gasteiger charge is 2.16. The zero-order valence-electron chi connectivity index (χ0n) is 10.3. The number of ether oxygens (including phenoxy) is 1. The van der Waals surface area contributed by atoms with Gasteiger partial charge in [0.15, 0.2) is 0 Å². The van der Waals surface area contributed by atoms with E-state index in [0.29, 0.717) is 17.7 Å². The lowest BCUT2D eigenvalue weighted by atomic mass is 10.1. The van der Waals surface area contributed by atoms with Crippen molar-refractivity contribution >= 4 is 5.91 Å². The number of methoxy groups -OCH3 is 1. The predicted octanol–water partition coefficient (Wildman–Crippen LogP) is 2.07. The number of hydrogen-bond acceptors (Lipinski definition) is 3. The monoisotopic (exact) mass is 232 g/mol. The maximum absolute atomic E-state index is 12.0. The van der Waals surface area contributed by atoms with Crippen LogP contribution in [0.1, 0.15) is 23.7 Å². The molecule has 90 valence electrons. The van der Waals surface area contributed by atoms with E-state index >= 15 is 0 Å². The number of carbonyl (C=O) groups excluding carboxylic acids is 1. The van der Waals surface area contributed by atoms with Crippen molar-refractivity contribution in [2.24, 2.45) is 0 Å². The summed E-state index contributed by atoms with van der Waals surface area (Å²) in [6, 6.07) is 8.90. The molecule has 0 fully saturated rings. The molecule has 0 aliphatic heterocycles. The van der Waals surface area contributed by atoms with Crippen LogP contribution in [0.2, 0.25) is 0 Å². The van der Waals surface area contributed by atoms with Crippen LogP contribution in [0, 0.1) is 11.3 Å². The first-order chi connectivity index (χ1) is 8.10. The number of hydrogen-bond donors (Lipinski definition) is 0. The zero-order chi connectivity index (χ0) is 12.8. The summed E-state index contributed by atoms with van der Waals surface area (Å²) in [5.41, 5.74) is 0.595. The van der Waals surface area contributed by atoms with Crippen molar-refractivity contribution < 1.29 is 9.53 Å². The summed E-state index contributed by atoms with van der Waals surface area (Å²) in [4.78, 5) is 13.6. The Hall–Kier alpha value is -2.02. The van der Waals surface area contributed by atoms with Gasteiger partial charge in [0.1, 0.15) is 5.75 Å². The first kappa shape index (κ1) is 13.0. The van der Waals surface area contributed by atoms with E-state index in [-0.39, 0.29) is 11.9 Å². The molecule has 0 saturated heterocycles. The molecule has 1 aromatic carbocycles. The summed E-state index contributed by atoms with van der Waals surface area (Å²) in [6.45, 7) is 1.85. The van der Waals surface area contributed by atoms with Crippen LogP contribution < -0.4 is 4.74 Å². The van der Waals surface area contributed by atoms with Gasteiger partial charge in [-0.1, -0.05) is 0 Å². The van der Waals surface area contributed by atoms with Crippen LogP contribution in [0.5, 0.6) is 5.75 Å². The standard InChI is InChI=1S/C13H16N2O2/c1-10(8-9-14)15(2)13(16)11-4-6-12(17-3)7-5-11/h4-7,10H,8H2,1-3H3. The van der Waals surface area contributed by atoms with Gasteiger partial charge in [0.25, 0.3) is 5.91 Å². The van der Waals surface area contributed by atoms with Gasteiger partial charge < -0.3 is 9.64 Å². The second-order valence-corrected chi connectivity index (χ2v) is 3.86. The summed E-state index contributed by atoms with van der Waals surface area (Å²) in [6.07, 6.45) is 0.332. The third-order valence-corrected chi connectivity index (χ3v) is 2.71. The molecule has 0 radical (unpaired) electrons. The van der Waals surface area contributed by atoms with Crippen LogP contribution in [0.25, 0.3) is 0 Å². The summed E-state index contributed by atoms with van der Waals surface area (Å²) >= 11 is 0. The van der Waals surface area contributed by atoms with E-state index in [9.17, 15) is 4.79 Å². The fourth-order valence-electron chi connectivity index (χ4n) is 1.41. The van der Waals surface area contributed by atoms with E-state index < -0.39 is 0 Å². The maximum atomic E-state index is 12.0. The Kier molecular flexibility index (Phi) is 4.53. The molecule has 4 nitrogen and oxygen atoms in total. The minimum Gasteiger partial charge on any atom is -0.497 e. The topological polar surface area (TPSA) is 53.3 Å². The highest BCUT2D eigenvalue weighted by molar-refractivity contribution is 5.94. The molecule has 0 spiro atoms. The lowest BCUT2D eigenvalue weighted by molar-refractivity contribution is 0.0746. The van der Waals surface area contributed by atoms with Crippen molar-refractivity contribution in [1.29, 1.82) is 5.26 Å². The van der Waals surface area contributed by atoms with Gasteiger partial charge >= 0.3 is 0 Å². The van der Waals surface area contributed by atoms with E-state index in [0.717, 1.165) is 0 Å². The summed E-state index contributed by atoms with van der Waals surface area (Å²) < 4.78 is 5.03. The molecular weight excluding hydrogens is 216 g/mol. The van der Waals surface area contributed by atoms with E-state index in [2.05, 4.69) is 6.07 Å². The molecule has 0 aliphatic rings. The Bertz CT molecular complexity index is 420. The molecular formula is C13H16N2O2. The van der Waals surface area contributed by atoms with E-state index in [1.54, 1.807) is 43.3 Å². The smallest absolute Gasteiger partial charge is 0.253 e. The van der Waals surface area contributed by atoms with Gasteiger partial charge in [-0.15, -0.1) is 0 Å². The summed E-state index contributed by atoms with van der Waals surface area (Å²) in [5.74, 6) is 0.629. The fourth-order valence-corrected chi connectivity index (χ4v) is 1.41. The van der Waals surface area contributed by atoms with Crippen molar-refractivity contribution in [3.05, 3.63) is 29.8 Å². The van der Waals surface area contributed by atoms with Gasteiger partial charge in [0.05, 0.1) is 19.6 Å². The van der Waals surface area contributed by atoms with E-state index in [1.807, 2.05) is 6.92 Å². The lowest BCUT2D eigenvalue weighted by Crippen LogP contribution is -2.34. The summed E-state index contributed by atoms with van der Waals surface area (Å²) in [5, 5.41) is 8.60. The molecule has 1 unspecified atom stereocenters. The Morgan fingerprint density at radius 2 is 2.06 bits per heavy atom. The molecule has 0 saturated carbocycles. The molecule has 0 aliphatic carbocycles. The lowest BCUT2D eigenvalue weighted by Gasteiger charge is -2.23. The average Bonchev–Trinajstić information content (AvgIpc) is 2.37. The Morgan fingerprint density at radius 3 is 2.53 bits per heavy atom. The highest BCUT2D eigenvalue weighted by atomic mass is 16.5. The zero-order valence-corrected chi connectivity index (χ0v) is 10.3. The van der Waals surface area contributed by atoms with Gasteiger partial charge in [-0.2, -0.15) is 5.26 Å².